The number of morpholine rings is 1. The third kappa shape index (κ3) is 5.63. The number of benzene rings is 1. The van der Waals surface area contributed by atoms with Gasteiger partial charge < -0.3 is 15.0 Å². The van der Waals surface area contributed by atoms with E-state index in [4.69, 9.17) is 9.72 Å². The average Bonchev–Trinajstić information content (AvgIpc) is 2.84. The van der Waals surface area contributed by atoms with Crippen LogP contribution >= 0.6 is 11.8 Å². The summed E-state index contributed by atoms with van der Waals surface area (Å²) in [6.07, 6.45) is 1.72. The topological polar surface area (TPSA) is 80.2 Å². The zero-order valence-electron chi connectivity index (χ0n) is 18.4. The molecule has 32 heavy (non-hydrogen) atoms. The predicted molar refractivity (Wildman–Crippen MR) is 126 cm³/mol. The summed E-state index contributed by atoms with van der Waals surface area (Å²) in [7, 11) is 0. The van der Waals surface area contributed by atoms with Gasteiger partial charge in [-0.1, -0.05) is 30.0 Å². The first kappa shape index (κ1) is 22.2. The molecular formula is C24H27N5O2S. The molecule has 0 aliphatic carbocycles. The van der Waals surface area contributed by atoms with Gasteiger partial charge >= 0.3 is 0 Å². The molecule has 1 fully saturated rings. The van der Waals surface area contributed by atoms with Crippen molar-refractivity contribution in [1.82, 2.24) is 20.3 Å². The van der Waals surface area contributed by atoms with E-state index in [0.717, 1.165) is 65.5 Å². The first-order valence-electron chi connectivity index (χ1n) is 10.7. The number of thioether (sulfide) groups is 1. The molecule has 8 heteroatoms. The van der Waals surface area contributed by atoms with Gasteiger partial charge in [0.2, 0.25) is 0 Å². The van der Waals surface area contributed by atoms with Crippen LogP contribution in [0.5, 0.6) is 0 Å². The Labute approximate surface area is 192 Å². The lowest BCUT2D eigenvalue weighted by Crippen LogP contribution is -2.37. The average molecular weight is 450 g/mol. The highest BCUT2D eigenvalue weighted by atomic mass is 32.2. The number of aromatic nitrogens is 3. The fraction of sp³-hybridized carbons (Fsp3) is 0.333. The number of nitrogens with one attached hydrogen (secondary N) is 1. The van der Waals surface area contributed by atoms with Crippen LogP contribution in [-0.2, 0) is 17.0 Å². The molecule has 1 aromatic carbocycles. The second kappa shape index (κ2) is 10.6. The SMILES string of the molecule is Cc1nc(SCc2ccc(C(=O)NCc3ccccn3)cc2)nc(N2CCOCC2)c1C. The maximum atomic E-state index is 12.4. The molecule has 0 atom stereocenters. The van der Waals surface area contributed by atoms with Gasteiger partial charge in [-0.05, 0) is 43.7 Å². The highest BCUT2D eigenvalue weighted by molar-refractivity contribution is 7.98. The molecule has 3 aromatic rings. The zero-order chi connectivity index (χ0) is 22.3. The fourth-order valence-electron chi connectivity index (χ4n) is 3.41. The second-order valence-electron chi connectivity index (χ2n) is 7.63. The normalized spacial score (nSPS) is 13.8. The molecule has 1 amide bonds. The van der Waals surface area contributed by atoms with Crippen LogP contribution in [0.3, 0.4) is 0 Å². The van der Waals surface area contributed by atoms with E-state index in [1.54, 1.807) is 18.0 Å². The van der Waals surface area contributed by atoms with Crippen LogP contribution in [0.15, 0.2) is 53.8 Å². The first-order chi connectivity index (χ1) is 15.6. The van der Waals surface area contributed by atoms with Gasteiger partial charge in [0.25, 0.3) is 5.91 Å². The molecule has 1 aliphatic rings. The Hall–Kier alpha value is -2.97. The van der Waals surface area contributed by atoms with Crippen molar-refractivity contribution in [3.63, 3.8) is 0 Å². The molecule has 0 radical (unpaired) electrons. The van der Waals surface area contributed by atoms with Crippen LogP contribution < -0.4 is 10.2 Å². The second-order valence-corrected chi connectivity index (χ2v) is 8.57. The third-order valence-electron chi connectivity index (χ3n) is 5.39. The van der Waals surface area contributed by atoms with E-state index in [2.05, 4.69) is 27.1 Å². The van der Waals surface area contributed by atoms with E-state index in [9.17, 15) is 4.79 Å². The lowest BCUT2D eigenvalue weighted by atomic mass is 10.1. The quantitative estimate of drug-likeness (QED) is 0.436. The van der Waals surface area contributed by atoms with Crippen LogP contribution in [-0.4, -0.2) is 47.2 Å². The lowest BCUT2D eigenvalue weighted by Gasteiger charge is -2.29. The molecule has 0 unspecified atom stereocenters. The summed E-state index contributed by atoms with van der Waals surface area (Å²) in [5, 5.41) is 3.67. The number of hydrogen-bond donors (Lipinski definition) is 1. The minimum Gasteiger partial charge on any atom is -0.378 e. The first-order valence-corrected chi connectivity index (χ1v) is 11.7. The molecule has 0 spiro atoms. The standard InChI is InChI=1S/C24H27N5O2S/c1-17-18(2)27-24(28-22(17)29-11-13-31-14-12-29)32-16-19-6-8-20(9-7-19)23(30)26-15-21-5-3-4-10-25-21/h3-10H,11-16H2,1-2H3,(H,26,30). The number of hydrogen-bond acceptors (Lipinski definition) is 7. The van der Waals surface area contributed by atoms with Gasteiger partial charge in [0, 0.05) is 41.9 Å². The smallest absolute Gasteiger partial charge is 0.251 e. The number of ether oxygens (including phenoxy) is 1. The number of carbonyl (C=O) groups is 1. The molecule has 1 aliphatic heterocycles. The van der Waals surface area contributed by atoms with E-state index in [1.165, 1.54) is 0 Å². The van der Waals surface area contributed by atoms with Crippen molar-refractivity contribution in [2.45, 2.75) is 31.3 Å². The summed E-state index contributed by atoms with van der Waals surface area (Å²) >= 11 is 1.61. The predicted octanol–water partition coefficient (Wildman–Crippen LogP) is 3.55. The fourth-order valence-corrected chi connectivity index (χ4v) is 4.25. The molecule has 7 nitrogen and oxygen atoms in total. The summed E-state index contributed by atoms with van der Waals surface area (Å²) < 4.78 is 5.47. The van der Waals surface area contributed by atoms with E-state index in [-0.39, 0.29) is 5.91 Å². The molecule has 4 rings (SSSR count). The maximum Gasteiger partial charge on any atom is 0.251 e. The molecule has 166 valence electrons. The van der Waals surface area contributed by atoms with Crippen LogP contribution in [0.4, 0.5) is 5.82 Å². The van der Waals surface area contributed by atoms with Gasteiger partial charge in [-0.3, -0.25) is 9.78 Å². The molecule has 0 saturated carbocycles. The molecule has 1 saturated heterocycles. The van der Waals surface area contributed by atoms with Crippen molar-refractivity contribution in [2.24, 2.45) is 0 Å². The van der Waals surface area contributed by atoms with Crippen LogP contribution in [0.2, 0.25) is 0 Å². The Morgan fingerprint density at radius 3 is 2.59 bits per heavy atom. The Morgan fingerprint density at radius 1 is 1.09 bits per heavy atom. The number of anilines is 1. The number of rotatable bonds is 7. The van der Waals surface area contributed by atoms with Gasteiger partial charge in [0.15, 0.2) is 5.16 Å². The molecule has 0 bridgehead atoms. The van der Waals surface area contributed by atoms with E-state index in [1.807, 2.05) is 49.4 Å². The highest BCUT2D eigenvalue weighted by Gasteiger charge is 2.18. The highest BCUT2D eigenvalue weighted by Crippen LogP contribution is 2.26. The van der Waals surface area contributed by atoms with Crippen molar-refractivity contribution < 1.29 is 9.53 Å². The number of pyridine rings is 1. The monoisotopic (exact) mass is 449 g/mol. The van der Waals surface area contributed by atoms with Gasteiger partial charge in [0.1, 0.15) is 5.82 Å². The number of aryl methyl sites for hydroxylation is 1. The summed E-state index contributed by atoms with van der Waals surface area (Å²) in [4.78, 5) is 28.4. The summed E-state index contributed by atoms with van der Waals surface area (Å²) in [5.41, 5.74) is 4.71. The number of nitrogens with zero attached hydrogens (tertiary/aromatic N) is 4. The van der Waals surface area contributed by atoms with Gasteiger partial charge in [0.05, 0.1) is 25.5 Å². The minimum atomic E-state index is -0.109. The van der Waals surface area contributed by atoms with Crippen LogP contribution in [0.25, 0.3) is 0 Å². The Morgan fingerprint density at radius 2 is 1.88 bits per heavy atom. The maximum absolute atomic E-state index is 12.4. The summed E-state index contributed by atoms with van der Waals surface area (Å²) in [6.45, 7) is 7.68. The Balaban J connectivity index is 1.36. The molecule has 1 N–H and O–H groups in total. The minimum absolute atomic E-state index is 0.109. The molecular weight excluding hydrogens is 422 g/mol. The zero-order valence-corrected chi connectivity index (χ0v) is 19.2. The van der Waals surface area contributed by atoms with Gasteiger partial charge in [-0.2, -0.15) is 0 Å². The summed E-state index contributed by atoms with van der Waals surface area (Å²) in [5.74, 6) is 1.63. The Kier molecular flexibility index (Phi) is 7.34. The van der Waals surface area contributed by atoms with E-state index in [0.29, 0.717) is 12.1 Å². The van der Waals surface area contributed by atoms with Crippen molar-refractivity contribution in [3.05, 3.63) is 76.7 Å². The molecule has 3 heterocycles. The third-order valence-corrected chi connectivity index (χ3v) is 6.31. The van der Waals surface area contributed by atoms with E-state index < -0.39 is 0 Å². The molecule has 2 aromatic heterocycles. The van der Waals surface area contributed by atoms with Crippen LogP contribution in [0, 0.1) is 13.8 Å². The van der Waals surface area contributed by atoms with Gasteiger partial charge in [-0.25, -0.2) is 9.97 Å². The Bertz CT molecular complexity index is 1050. The van der Waals surface area contributed by atoms with Gasteiger partial charge in [-0.15, -0.1) is 0 Å². The van der Waals surface area contributed by atoms with Crippen molar-refractivity contribution in [3.8, 4) is 0 Å². The number of carbonyl (C=O) groups excluding carboxylic acids is 1. The largest absolute Gasteiger partial charge is 0.378 e. The van der Waals surface area contributed by atoms with E-state index >= 15 is 0 Å². The van der Waals surface area contributed by atoms with Crippen molar-refractivity contribution >= 4 is 23.5 Å². The van der Waals surface area contributed by atoms with Crippen molar-refractivity contribution in [1.29, 1.82) is 0 Å². The van der Waals surface area contributed by atoms with Crippen LogP contribution in [0.1, 0.15) is 32.9 Å². The van der Waals surface area contributed by atoms with Crippen molar-refractivity contribution in [2.75, 3.05) is 31.2 Å². The summed E-state index contributed by atoms with van der Waals surface area (Å²) in [6, 6.07) is 13.3. The lowest BCUT2D eigenvalue weighted by molar-refractivity contribution is 0.0950. The number of amides is 1.